The third-order valence-electron chi connectivity index (χ3n) is 6.19. The number of allylic oxidation sites excluding steroid dienone is 1. The number of thiazole rings is 1. The number of hydrogen-bond donors (Lipinski definition) is 0. The highest BCUT2D eigenvalue weighted by Crippen LogP contribution is 2.32. The minimum absolute atomic E-state index is 0.378. The van der Waals surface area contributed by atoms with Crippen LogP contribution in [0, 0.1) is 11.3 Å². The molecule has 2 heterocycles. The summed E-state index contributed by atoms with van der Waals surface area (Å²) in [6, 6.07) is 35.6. The zero-order valence-corrected chi connectivity index (χ0v) is 22.2. The lowest BCUT2D eigenvalue weighted by Gasteiger charge is -2.08. The smallest absolute Gasteiger partial charge is 0.135 e. The first-order valence-corrected chi connectivity index (χ1v) is 13.5. The molecule has 0 unspecified atom stereocenters. The lowest BCUT2D eigenvalue weighted by Crippen LogP contribution is -1.96. The summed E-state index contributed by atoms with van der Waals surface area (Å²) in [4.78, 5) is 4.69. The van der Waals surface area contributed by atoms with E-state index < -0.39 is 0 Å². The molecule has 0 N–H and O–H groups in total. The molecule has 188 valence electrons. The highest BCUT2D eigenvalue weighted by molar-refractivity contribution is 7.19. The van der Waals surface area contributed by atoms with Crippen LogP contribution in [0.5, 0.6) is 5.75 Å². The van der Waals surface area contributed by atoms with Gasteiger partial charge in [0.05, 0.1) is 27.2 Å². The van der Waals surface area contributed by atoms with Gasteiger partial charge < -0.3 is 4.74 Å². The monoisotopic (exact) mass is 544 g/mol. The highest BCUT2D eigenvalue weighted by Gasteiger charge is 2.15. The summed E-state index contributed by atoms with van der Waals surface area (Å²) in [5.74, 6) is 0.727. The fourth-order valence-electron chi connectivity index (χ4n) is 4.20. The van der Waals surface area contributed by atoms with Crippen molar-refractivity contribution in [3.63, 3.8) is 0 Å². The van der Waals surface area contributed by atoms with Crippen molar-refractivity contribution in [3.05, 3.63) is 130 Å². The molecule has 7 heteroatoms. The maximum absolute atomic E-state index is 10.1. The summed E-state index contributed by atoms with van der Waals surface area (Å²) >= 11 is 7.77. The molecule has 0 spiro atoms. The quantitative estimate of drug-likeness (QED) is 0.189. The van der Waals surface area contributed by atoms with Gasteiger partial charge in [0.25, 0.3) is 0 Å². The van der Waals surface area contributed by atoms with Crippen LogP contribution in [-0.2, 0) is 6.61 Å². The molecule has 0 aliphatic carbocycles. The molecule has 0 aliphatic heterocycles. The number of para-hydroxylation sites is 2. The number of halogens is 1. The topological polar surface area (TPSA) is 63.7 Å². The Labute approximate surface area is 234 Å². The number of rotatable bonds is 7. The Bertz CT molecular complexity index is 1800. The summed E-state index contributed by atoms with van der Waals surface area (Å²) in [5.41, 5.74) is 5.70. The zero-order valence-electron chi connectivity index (χ0n) is 20.7. The van der Waals surface area contributed by atoms with Gasteiger partial charge in [0.15, 0.2) is 0 Å². The molecule has 0 radical (unpaired) electrons. The van der Waals surface area contributed by atoms with Gasteiger partial charge in [0.1, 0.15) is 23.4 Å². The number of hydrogen-bond acceptors (Lipinski definition) is 5. The van der Waals surface area contributed by atoms with Crippen LogP contribution in [0.25, 0.3) is 38.8 Å². The molecule has 0 atom stereocenters. The zero-order chi connectivity index (χ0) is 26.6. The normalized spacial score (nSPS) is 11.4. The van der Waals surface area contributed by atoms with Crippen LogP contribution in [0.3, 0.4) is 0 Å². The largest absolute Gasteiger partial charge is 0.489 e. The first-order chi connectivity index (χ1) is 19.2. The van der Waals surface area contributed by atoms with Gasteiger partial charge in [-0.3, -0.25) is 0 Å². The Balaban J connectivity index is 1.36. The fraction of sp³-hybridized carbons (Fsp3) is 0.0312. The Kier molecular flexibility index (Phi) is 6.92. The molecule has 0 saturated carbocycles. The van der Waals surface area contributed by atoms with Crippen molar-refractivity contribution >= 4 is 44.8 Å². The van der Waals surface area contributed by atoms with Crippen LogP contribution in [-0.4, -0.2) is 14.8 Å². The Morgan fingerprint density at radius 3 is 2.44 bits per heavy atom. The summed E-state index contributed by atoms with van der Waals surface area (Å²) in [6.45, 7) is 0.378. The predicted octanol–water partition coefficient (Wildman–Crippen LogP) is 8.45. The number of nitriles is 1. The number of nitrogens with zero attached hydrogens (tertiary/aromatic N) is 4. The van der Waals surface area contributed by atoms with Gasteiger partial charge in [0, 0.05) is 27.9 Å². The van der Waals surface area contributed by atoms with Crippen LogP contribution in [0.1, 0.15) is 16.1 Å². The molecule has 0 aliphatic rings. The number of aromatic nitrogens is 3. The van der Waals surface area contributed by atoms with E-state index >= 15 is 0 Å². The van der Waals surface area contributed by atoms with E-state index in [0.29, 0.717) is 22.2 Å². The first-order valence-electron chi connectivity index (χ1n) is 12.3. The van der Waals surface area contributed by atoms with Gasteiger partial charge in [-0.05, 0) is 60.7 Å². The molecule has 0 bridgehead atoms. The van der Waals surface area contributed by atoms with Crippen LogP contribution in [0.2, 0.25) is 5.02 Å². The van der Waals surface area contributed by atoms with Crippen molar-refractivity contribution in [2.75, 3.05) is 0 Å². The second-order valence-corrected chi connectivity index (χ2v) is 10.2. The van der Waals surface area contributed by atoms with E-state index in [-0.39, 0.29) is 0 Å². The van der Waals surface area contributed by atoms with Gasteiger partial charge in [0.2, 0.25) is 0 Å². The average Bonchev–Trinajstić information content (AvgIpc) is 3.61. The highest BCUT2D eigenvalue weighted by atomic mass is 35.5. The van der Waals surface area contributed by atoms with E-state index in [1.54, 1.807) is 0 Å². The molecule has 0 fully saturated rings. The Morgan fingerprint density at radius 2 is 1.67 bits per heavy atom. The van der Waals surface area contributed by atoms with E-state index in [1.807, 2.05) is 120 Å². The molecule has 39 heavy (non-hydrogen) atoms. The van der Waals surface area contributed by atoms with Gasteiger partial charge in [-0.1, -0.05) is 60.1 Å². The average molecular weight is 545 g/mol. The third-order valence-corrected chi connectivity index (χ3v) is 7.63. The van der Waals surface area contributed by atoms with Gasteiger partial charge in [-0.2, -0.15) is 10.4 Å². The minimum Gasteiger partial charge on any atom is -0.489 e. The lowest BCUT2D eigenvalue weighted by molar-refractivity contribution is 0.306. The van der Waals surface area contributed by atoms with Crippen molar-refractivity contribution in [1.29, 1.82) is 5.26 Å². The lowest BCUT2D eigenvalue weighted by atomic mass is 10.1. The molecule has 4 aromatic carbocycles. The van der Waals surface area contributed by atoms with Crippen LogP contribution < -0.4 is 4.74 Å². The molecule has 6 aromatic rings. The standard InChI is InChI=1S/C32H21ClN4OS/c33-28-11-5-4-8-23(28)21-38-27-16-14-22(15-17-27)31-25(20-37(36-31)26-9-2-1-3-10-26)18-24(19-34)32-35-29-12-6-7-13-30(29)39-32/h1-18,20H,21H2. The van der Waals surface area contributed by atoms with Crippen molar-refractivity contribution < 1.29 is 4.74 Å². The van der Waals surface area contributed by atoms with Gasteiger partial charge in [-0.15, -0.1) is 11.3 Å². The predicted molar refractivity (Wildman–Crippen MR) is 158 cm³/mol. The van der Waals surface area contributed by atoms with Crippen molar-refractivity contribution in [2.45, 2.75) is 6.61 Å². The second kappa shape index (κ2) is 11.0. The SMILES string of the molecule is N#CC(=Cc1cn(-c2ccccc2)nc1-c1ccc(OCc2ccccc2Cl)cc1)c1nc2ccccc2s1. The molecule has 6 rings (SSSR count). The summed E-state index contributed by atoms with van der Waals surface area (Å²) in [5, 5.41) is 16.3. The molecular formula is C32H21ClN4OS. The summed E-state index contributed by atoms with van der Waals surface area (Å²) < 4.78 is 8.84. The summed E-state index contributed by atoms with van der Waals surface area (Å²) in [7, 11) is 0. The van der Waals surface area contributed by atoms with E-state index in [0.717, 1.165) is 44.0 Å². The van der Waals surface area contributed by atoms with Crippen LogP contribution >= 0.6 is 22.9 Å². The van der Waals surface area contributed by atoms with Crippen molar-refractivity contribution in [1.82, 2.24) is 14.8 Å². The first kappa shape index (κ1) is 24.6. The molecule has 0 saturated heterocycles. The van der Waals surface area contributed by atoms with E-state index in [1.165, 1.54) is 11.3 Å². The minimum atomic E-state index is 0.378. The maximum Gasteiger partial charge on any atom is 0.135 e. The molecule has 2 aromatic heterocycles. The number of fused-ring (bicyclic) bond motifs is 1. The van der Waals surface area contributed by atoms with Crippen molar-refractivity contribution in [3.8, 4) is 28.8 Å². The Hall–Kier alpha value is -4.70. The number of ether oxygens (including phenoxy) is 1. The van der Waals surface area contributed by atoms with Crippen molar-refractivity contribution in [2.24, 2.45) is 0 Å². The summed E-state index contributed by atoms with van der Waals surface area (Å²) in [6.07, 6.45) is 3.80. The van der Waals surface area contributed by atoms with E-state index in [4.69, 9.17) is 21.4 Å². The fourth-order valence-corrected chi connectivity index (χ4v) is 5.32. The maximum atomic E-state index is 10.1. The van der Waals surface area contributed by atoms with Crippen LogP contribution in [0.15, 0.2) is 109 Å². The van der Waals surface area contributed by atoms with E-state index in [2.05, 4.69) is 11.1 Å². The van der Waals surface area contributed by atoms with Gasteiger partial charge in [-0.25, -0.2) is 9.67 Å². The molecular weight excluding hydrogens is 524 g/mol. The van der Waals surface area contributed by atoms with Gasteiger partial charge >= 0.3 is 0 Å². The Morgan fingerprint density at radius 1 is 0.923 bits per heavy atom. The van der Waals surface area contributed by atoms with E-state index in [9.17, 15) is 5.26 Å². The molecule has 5 nitrogen and oxygen atoms in total. The third kappa shape index (κ3) is 5.32. The second-order valence-electron chi connectivity index (χ2n) is 8.77. The van der Waals surface area contributed by atoms with Crippen LogP contribution in [0.4, 0.5) is 0 Å². The molecule has 0 amide bonds. The number of benzene rings is 4.